The Balaban J connectivity index is 1.28. The summed E-state index contributed by atoms with van der Waals surface area (Å²) in [5.74, 6) is 0.541. The molecule has 0 aliphatic heterocycles. The number of carbonyl (C=O) groups is 2. The largest absolute Gasteiger partial charge is 0.494 e. The van der Waals surface area contributed by atoms with Crippen LogP contribution in [0.15, 0.2) is 79.0 Å². The molecule has 0 saturated carbocycles. The van der Waals surface area contributed by atoms with Crippen molar-refractivity contribution in [3.63, 3.8) is 0 Å². The predicted molar refractivity (Wildman–Crippen MR) is 173 cm³/mol. The highest BCUT2D eigenvalue weighted by atomic mass is 16.5. The molecule has 2 aromatic carbocycles. The lowest BCUT2D eigenvalue weighted by Gasteiger charge is -2.08. The fourth-order valence-electron chi connectivity index (χ4n) is 4.61. The van der Waals surface area contributed by atoms with E-state index in [1.807, 2.05) is 36.5 Å². The quantitative estimate of drug-likeness (QED) is 0.0569. The molecule has 0 bridgehead atoms. The first-order chi connectivity index (χ1) is 21.0. The van der Waals surface area contributed by atoms with Crippen LogP contribution in [-0.4, -0.2) is 30.1 Å². The van der Waals surface area contributed by atoms with Gasteiger partial charge in [-0.15, -0.1) is 0 Å². The molecule has 3 aromatic rings. The molecule has 3 rings (SSSR count). The van der Waals surface area contributed by atoms with Gasteiger partial charge < -0.3 is 14.2 Å². The number of esters is 2. The summed E-state index contributed by atoms with van der Waals surface area (Å²) < 4.78 is 16.5. The lowest BCUT2D eigenvalue weighted by atomic mass is 10.1. The molecule has 0 aliphatic rings. The summed E-state index contributed by atoms with van der Waals surface area (Å²) in [6.07, 6.45) is 15.5. The second-order valence-corrected chi connectivity index (χ2v) is 11.0. The van der Waals surface area contributed by atoms with Gasteiger partial charge in [0.25, 0.3) is 0 Å². The average Bonchev–Trinajstić information content (AvgIpc) is 3.02. The van der Waals surface area contributed by atoms with Crippen molar-refractivity contribution in [1.82, 2.24) is 4.98 Å². The maximum atomic E-state index is 12.6. The van der Waals surface area contributed by atoms with Crippen LogP contribution in [0.25, 0.3) is 11.3 Å². The predicted octanol–water partition coefficient (Wildman–Crippen LogP) is 9.32. The molecule has 230 valence electrons. The van der Waals surface area contributed by atoms with E-state index in [4.69, 9.17) is 14.2 Å². The van der Waals surface area contributed by atoms with E-state index in [1.165, 1.54) is 44.1 Å². The lowest BCUT2D eigenvalue weighted by Crippen LogP contribution is -2.08. The number of hydrogen-bond donors (Lipinski definition) is 0. The van der Waals surface area contributed by atoms with Gasteiger partial charge in [0.05, 0.1) is 24.5 Å². The standard InChI is InChI=1S/C37H47NO5/c1-4-5-12-15-30-16-25-35(38-28-30)31-17-23-34(24-18-31)43-37(40)32-19-21-33(22-20-32)41-26-13-10-8-6-7-9-11-14-27-42-36(39)29(2)3/h16-25,28H,2,4-15,26-27H2,1,3H3. The molecule has 0 saturated heterocycles. The topological polar surface area (TPSA) is 74.7 Å². The molecule has 0 radical (unpaired) electrons. The van der Waals surface area contributed by atoms with E-state index >= 15 is 0 Å². The maximum Gasteiger partial charge on any atom is 0.343 e. The Morgan fingerprint density at radius 2 is 1.35 bits per heavy atom. The Morgan fingerprint density at radius 1 is 0.721 bits per heavy atom. The minimum Gasteiger partial charge on any atom is -0.494 e. The Kier molecular flexibility index (Phi) is 15.1. The smallest absolute Gasteiger partial charge is 0.343 e. The second kappa shape index (κ2) is 19.3. The fraction of sp³-hybridized carbons (Fsp3) is 0.432. The van der Waals surface area contributed by atoms with Gasteiger partial charge >= 0.3 is 11.9 Å². The molecule has 6 nitrogen and oxygen atoms in total. The summed E-state index contributed by atoms with van der Waals surface area (Å²) >= 11 is 0. The number of aryl methyl sites for hydroxylation is 1. The first-order valence-electron chi connectivity index (χ1n) is 15.8. The highest BCUT2D eigenvalue weighted by Gasteiger charge is 2.10. The third-order valence-corrected chi connectivity index (χ3v) is 7.23. The maximum absolute atomic E-state index is 12.6. The highest BCUT2D eigenvalue weighted by Crippen LogP contribution is 2.23. The van der Waals surface area contributed by atoms with Gasteiger partial charge in [-0.05, 0) is 92.8 Å². The summed E-state index contributed by atoms with van der Waals surface area (Å²) in [6.45, 7) is 8.58. The molecule has 0 amide bonds. The second-order valence-electron chi connectivity index (χ2n) is 11.0. The first kappa shape index (κ1) is 33.6. The Morgan fingerprint density at radius 3 is 1.95 bits per heavy atom. The van der Waals surface area contributed by atoms with E-state index in [0.29, 0.717) is 30.1 Å². The number of nitrogens with zero attached hydrogens (tertiary/aromatic N) is 1. The van der Waals surface area contributed by atoms with Crippen molar-refractivity contribution in [2.75, 3.05) is 13.2 Å². The van der Waals surface area contributed by atoms with Crippen LogP contribution in [0.1, 0.15) is 100 Å². The van der Waals surface area contributed by atoms with Gasteiger partial charge in [-0.2, -0.15) is 0 Å². The van der Waals surface area contributed by atoms with Crippen molar-refractivity contribution in [1.29, 1.82) is 0 Å². The molecule has 1 aromatic heterocycles. The van der Waals surface area contributed by atoms with Crippen molar-refractivity contribution in [3.8, 4) is 22.8 Å². The lowest BCUT2D eigenvalue weighted by molar-refractivity contribution is -0.139. The minimum absolute atomic E-state index is 0.300. The first-order valence-corrected chi connectivity index (χ1v) is 15.8. The van der Waals surface area contributed by atoms with Crippen molar-refractivity contribution in [2.45, 2.75) is 90.9 Å². The number of aromatic nitrogens is 1. The van der Waals surface area contributed by atoms with E-state index < -0.39 is 5.97 Å². The normalized spacial score (nSPS) is 10.7. The molecule has 1 heterocycles. The van der Waals surface area contributed by atoms with Gasteiger partial charge in [-0.25, -0.2) is 9.59 Å². The SMILES string of the molecule is C=C(C)C(=O)OCCCCCCCCCCOc1ccc(C(=O)Oc2ccc(-c3ccc(CCCCC)cn3)cc2)cc1. The number of ether oxygens (including phenoxy) is 3. The number of hydrogen-bond acceptors (Lipinski definition) is 6. The van der Waals surface area contributed by atoms with E-state index in [1.54, 1.807) is 31.2 Å². The highest BCUT2D eigenvalue weighted by molar-refractivity contribution is 5.91. The summed E-state index contributed by atoms with van der Waals surface area (Å²) in [5.41, 5.74) is 4.07. The molecule has 0 fully saturated rings. The molecular weight excluding hydrogens is 538 g/mol. The zero-order valence-corrected chi connectivity index (χ0v) is 25.9. The van der Waals surface area contributed by atoms with E-state index in [-0.39, 0.29) is 5.97 Å². The molecular formula is C37H47NO5. The van der Waals surface area contributed by atoms with Gasteiger partial charge in [-0.1, -0.05) is 70.9 Å². The Labute approximate surface area is 257 Å². The minimum atomic E-state index is -0.401. The van der Waals surface area contributed by atoms with Crippen LogP contribution in [-0.2, 0) is 16.0 Å². The summed E-state index contributed by atoms with van der Waals surface area (Å²) in [6, 6.07) is 18.7. The third-order valence-electron chi connectivity index (χ3n) is 7.23. The summed E-state index contributed by atoms with van der Waals surface area (Å²) in [4.78, 5) is 28.6. The van der Waals surface area contributed by atoms with Crippen molar-refractivity contribution in [3.05, 3.63) is 90.1 Å². The van der Waals surface area contributed by atoms with Crippen LogP contribution in [0.2, 0.25) is 0 Å². The van der Waals surface area contributed by atoms with Crippen LogP contribution in [0.3, 0.4) is 0 Å². The molecule has 0 N–H and O–H groups in total. The number of carbonyl (C=O) groups excluding carboxylic acids is 2. The van der Waals surface area contributed by atoms with Crippen LogP contribution in [0.4, 0.5) is 0 Å². The number of unbranched alkanes of at least 4 members (excludes halogenated alkanes) is 9. The number of pyridine rings is 1. The zero-order chi connectivity index (χ0) is 30.7. The van der Waals surface area contributed by atoms with Crippen LogP contribution < -0.4 is 9.47 Å². The van der Waals surface area contributed by atoms with Crippen molar-refractivity contribution in [2.24, 2.45) is 0 Å². The van der Waals surface area contributed by atoms with E-state index in [2.05, 4.69) is 24.6 Å². The average molecular weight is 586 g/mol. The Hall–Kier alpha value is -3.93. The summed E-state index contributed by atoms with van der Waals surface area (Å²) in [5, 5.41) is 0. The van der Waals surface area contributed by atoms with E-state index in [0.717, 1.165) is 55.5 Å². The van der Waals surface area contributed by atoms with Gasteiger partial charge in [0, 0.05) is 17.3 Å². The third kappa shape index (κ3) is 12.9. The van der Waals surface area contributed by atoms with Crippen LogP contribution in [0.5, 0.6) is 11.5 Å². The van der Waals surface area contributed by atoms with Gasteiger partial charge in [0.2, 0.25) is 0 Å². The fourth-order valence-corrected chi connectivity index (χ4v) is 4.61. The molecule has 43 heavy (non-hydrogen) atoms. The van der Waals surface area contributed by atoms with Gasteiger partial charge in [-0.3, -0.25) is 4.98 Å². The van der Waals surface area contributed by atoms with Crippen LogP contribution >= 0.6 is 0 Å². The van der Waals surface area contributed by atoms with Crippen LogP contribution in [0, 0.1) is 0 Å². The number of rotatable bonds is 20. The van der Waals surface area contributed by atoms with Gasteiger partial charge in [0.1, 0.15) is 11.5 Å². The monoisotopic (exact) mass is 585 g/mol. The van der Waals surface area contributed by atoms with Gasteiger partial charge in [0.15, 0.2) is 0 Å². The molecule has 6 heteroatoms. The number of benzene rings is 2. The Bertz CT molecular complexity index is 1250. The van der Waals surface area contributed by atoms with E-state index in [9.17, 15) is 9.59 Å². The molecule has 0 atom stereocenters. The van der Waals surface area contributed by atoms with Crippen molar-refractivity contribution >= 4 is 11.9 Å². The summed E-state index contributed by atoms with van der Waals surface area (Å²) in [7, 11) is 0. The molecule has 0 unspecified atom stereocenters. The zero-order valence-electron chi connectivity index (χ0n) is 25.9. The molecule has 0 aliphatic carbocycles. The molecule has 0 spiro atoms. The van der Waals surface area contributed by atoms with Crippen molar-refractivity contribution < 1.29 is 23.8 Å².